The van der Waals surface area contributed by atoms with Gasteiger partial charge < -0.3 is 21.5 Å². The molecule has 5 heteroatoms. The Balaban J connectivity index is 0.000000235. The molecular weight excluding hydrogens is 278 g/mol. The van der Waals surface area contributed by atoms with Crippen LogP contribution in [-0.4, -0.2) is 31.1 Å². The Labute approximate surface area is 133 Å². The van der Waals surface area contributed by atoms with Crippen LogP contribution in [0.25, 0.3) is 0 Å². The standard InChI is InChI=1S/C11H17NO.C6H12N2O/c1-8-5-4-6-9(2)11(8)13-7-10(3)12;7-6(9)5-3-1-2-4-8-5/h4-6,10H,7,12H2,1-3H3;5,8H,1-4H2,(H2,7,9). The molecule has 2 atom stereocenters. The SMILES string of the molecule is Cc1cccc(C)c1OCC(C)N.NC(=O)C1CCCCN1. The molecule has 0 aromatic heterocycles. The van der Waals surface area contributed by atoms with E-state index in [2.05, 4.69) is 5.32 Å². The number of carbonyl (C=O) groups excluding carboxylic acids is 1. The second-order valence-electron chi connectivity index (χ2n) is 5.91. The molecule has 22 heavy (non-hydrogen) atoms. The summed E-state index contributed by atoms with van der Waals surface area (Å²) in [6, 6.07) is 6.15. The van der Waals surface area contributed by atoms with Crippen LogP contribution in [0.15, 0.2) is 18.2 Å². The number of piperidine rings is 1. The number of benzene rings is 1. The van der Waals surface area contributed by atoms with Gasteiger partial charge in [-0.05, 0) is 51.3 Å². The minimum Gasteiger partial charge on any atom is -0.491 e. The van der Waals surface area contributed by atoms with E-state index >= 15 is 0 Å². The first kappa shape index (κ1) is 18.5. The van der Waals surface area contributed by atoms with Crippen LogP contribution >= 0.6 is 0 Å². The van der Waals surface area contributed by atoms with Crippen molar-refractivity contribution in [1.82, 2.24) is 5.32 Å². The number of amides is 1. The fourth-order valence-corrected chi connectivity index (χ4v) is 2.34. The van der Waals surface area contributed by atoms with Crippen molar-refractivity contribution < 1.29 is 9.53 Å². The fourth-order valence-electron chi connectivity index (χ4n) is 2.34. The Morgan fingerprint density at radius 2 is 2.00 bits per heavy atom. The molecule has 2 rings (SSSR count). The average Bonchev–Trinajstić information content (AvgIpc) is 2.48. The second kappa shape index (κ2) is 9.43. The number of carbonyl (C=O) groups is 1. The van der Waals surface area contributed by atoms with Crippen LogP contribution in [-0.2, 0) is 4.79 Å². The van der Waals surface area contributed by atoms with Crippen molar-refractivity contribution in [2.24, 2.45) is 11.5 Å². The van der Waals surface area contributed by atoms with E-state index in [-0.39, 0.29) is 18.0 Å². The molecule has 0 saturated carbocycles. The first-order valence-electron chi connectivity index (χ1n) is 7.89. The molecule has 1 aromatic rings. The number of nitrogens with one attached hydrogen (secondary N) is 1. The molecule has 124 valence electrons. The van der Waals surface area contributed by atoms with Gasteiger partial charge in [-0.25, -0.2) is 0 Å². The van der Waals surface area contributed by atoms with Gasteiger partial charge in [-0.15, -0.1) is 0 Å². The average molecular weight is 307 g/mol. The number of ether oxygens (including phenoxy) is 1. The van der Waals surface area contributed by atoms with E-state index in [0.717, 1.165) is 25.1 Å². The molecule has 0 bridgehead atoms. The van der Waals surface area contributed by atoms with Crippen molar-refractivity contribution in [3.05, 3.63) is 29.3 Å². The van der Waals surface area contributed by atoms with E-state index in [1.807, 2.05) is 39.0 Å². The van der Waals surface area contributed by atoms with Crippen molar-refractivity contribution in [3.63, 3.8) is 0 Å². The number of primary amides is 1. The normalized spacial score (nSPS) is 18.8. The predicted molar refractivity (Wildman–Crippen MR) is 89.9 cm³/mol. The lowest BCUT2D eigenvalue weighted by Gasteiger charge is -2.19. The highest BCUT2D eigenvalue weighted by atomic mass is 16.5. The van der Waals surface area contributed by atoms with Gasteiger partial charge in [-0.1, -0.05) is 24.6 Å². The Hall–Kier alpha value is -1.59. The molecule has 2 unspecified atom stereocenters. The maximum atomic E-state index is 10.5. The summed E-state index contributed by atoms with van der Waals surface area (Å²) in [7, 11) is 0. The summed E-state index contributed by atoms with van der Waals surface area (Å²) in [6.45, 7) is 7.54. The highest BCUT2D eigenvalue weighted by Gasteiger charge is 2.16. The van der Waals surface area contributed by atoms with Gasteiger partial charge in [0.2, 0.25) is 5.91 Å². The number of para-hydroxylation sites is 1. The molecule has 1 fully saturated rings. The predicted octanol–water partition coefficient (Wildman–Crippen LogP) is 1.64. The van der Waals surface area contributed by atoms with Crippen molar-refractivity contribution in [1.29, 1.82) is 0 Å². The van der Waals surface area contributed by atoms with Gasteiger partial charge in [0.05, 0.1) is 6.04 Å². The lowest BCUT2D eigenvalue weighted by molar-refractivity contribution is -0.120. The van der Waals surface area contributed by atoms with Gasteiger partial charge in [0.1, 0.15) is 12.4 Å². The zero-order valence-electron chi connectivity index (χ0n) is 13.9. The molecule has 5 N–H and O–H groups in total. The first-order chi connectivity index (χ1) is 10.4. The number of nitrogens with two attached hydrogens (primary N) is 2. The summed E-state index contributed by atoms with van der Waals surface area (Å²) in [4.78, 5) is 10.5. The van der Waals surface area contributed by atoms with Crippen LogP contribution in [0.1, 0.15) is 37.3 Å². The maximum Gasteiger partial charge on any atom is 0.234 e. The summed E-state index contributed by atoms with van der Waals surface area (Å²) in [5, 5.41) is 3.04. The molecule has 1 amide bonds. The van der Waals surface area contributed by atoms with Crippen LogP contribution in [0.2, 0.25) is 0 Å². The second-order valence-corrected chi connectivity index (χ2v) is 5.91. The lowest BCUT2D eigenvalue weighted by Crippen LogP contribution is -2.44. The Morgan fingerprint density at radius 1 is 1.36 bits per heavy atom. The summed E-state index contributed by atoms with van der Waals surface area (Å²) in [5.41, 5.74) is 13.0. The molecule has 0 spiro atoms. The summed E-state index contributed by atoms with van der Waals surface area (Å²) < 4.78 is 5.60. The topological polar surface area (TPSA) is 90.4 Å². The van der Waals surface area contributed by atoms with Crippen molar-refractivity contribution in [2.45, 2.75) is 52.1 Å². The third kappa shape index (κ3) is 6.45. The van der Waals surface area contributed by atoms with Gasteiger partial charge in [0.25, 0.3) is 0 Å². The minimum absolute atomic E-state index is 0.0567. The number of hydrogen-bond acceptors (Lipinski definition) is 4. The molecule has 5 nitrogen and oxygen atoms in total. The van der Waals surface area contributed by atoms with Gasteiger partial charge in [-0.3, -0.25) is 4.79 Å². The quantitative estimate of drug-likeness (QED) is 0.789. The highest BCUT2D eigenvalue weighted by molar-refractivity contribution is 5.79. The molecule has 1 aliphatic rings. The summed E-state index contributed by atoms with van der Waals surface area (Å²) in [6.07, 6.45) is 3.21. The monoisotopic (exact) mass is 307 g/mol. The molecule has 0 aliphatic carbocycles. The van der Waals surface area contributed by atoms with Gasteiger partial charge >= 0.3 is 0 Å². The summed E-state index contributed by atoms with van der Waals surface area (Å²) >= 11 is 0. The molecule has 1 aliphatic heterocycles. The Morgan fingerprint density at radius 3 is 2.41 bits per heavy atom. The van der Waals surface area contributed by atoms with Crippen LogP contribution in [0, 0.1) is 13.8 Å². The van der Waals surface area contributed by atoms with Crippen LogP contribution in [0.5, 0.6) is 5.75 Å². The first-order valence-corrected chi connectivity index (χ1v) is 7.89. The summed E-state index contributed by atoms with van der Waals surface area (Å²) in [5.74, 6) is 0.759. The number of hydrogen-bond donors (Lipinski definition) is 3. The fraction of sp³-hybridized carbons (Fsp3) is 0.588. The van der Waals surface area contributed by atoms with E-state index < -0.39 is 0 Å². The minimum atomic E-state index is -0.213. The smallest absolute Gasteiger partial charge is 0.234 e. The van der Waals surface area contributed by atoms with Crippen LogP contribution in [0.4, 0.5) is 0 Å². The van der Waals surface area contributed by atoms with E-state index in [4.69, 9.17) is 16.2 Å². The van der Waals surface area contributed by atoms with Crippen LogP contribution in [0.3, 0.4) is 0 Å². The van der Waals surface area contributed by atoms with Crippen molar-refractivity contribution in [2.75, 3.05) is 13.2 Å². The van der Waals surface area contributed by atoms with E-state index in [1.54, 1.807) is 0 Å². The molecule has 1 aromatic carbocycles. The molecular formula is C17H29N3O2. The highest BCUT2D eigenvalue weighted by Crippen LogP contribution is 2.22. The van der Waals surface area contributed by atoms with E-state index in [1.165, 1.54) is 17.5 Å². The van der Waals surface area contributed by atoms with Crippen molar-refractivity contribution >= 4 is 5.91 Å². The number of aryl methyl sites for hydroxylation is 2. The number of rotatable bonds is 4. The van der Waals surface area contributed by atoms with Gasteiger partial charge in [-0.2, -0.15) is 0 Å². The molecule has 0 radical (unpaired) electrons. The zero-order chi connectivity index (χ0) is 16.5. The molecule has 1 heterocycles. The van der Waals surface area contributed by atoms with E-state index in [0.29, 0.717) is 6.61 Å². The van der Waals surface area contributed by atoms with Crippen LogP contribution < -0.4 is 21.5 Å². The third-order valence-corrected chi connectivity index (χ3v) is 3.55. The van der Waals surface area contributed by atoms with E-state index in [9.17, 15) is 4.79 Å². The van der Waals surface area contributed by atoms with Crippen molar-refractivity contribution in [3.8, 4) is 5.75 Å². The van der Waals surface area contributed by atoms with Gasteiger partial charge in [0, 0.05) is 6.04 Å². The third-order valence-electron chi connectivity index (χ3n) is 3.55. The maximum absolute atomic E-state index is 10.5. The van der Waals surface area contributed by atoms with Gasteiger partial charge in [0.15, 0.2) is 0 Å². The molecule has 1 saturated heterocycles. The Kier molecular flexibility index (Phi) is 7.91. The zero-order valence-corrected chi connectivity index (χ0v) is 13.9. The lowest BCUT2D eigenvalue weighted by atomic mass is 10.1. The largest absolute Gasteiger partial charge is 0.491 e. The Bertz CT molecular complexity index is 449.